The number of nitrogens with one attached hydrogen (secondary N) is 1. The fourth-order valence-electron chi connectivity index (χ4n) is 2.78. The van der Waals surface area contributed by atoms with Crippen molar-refractivity contribution in [2.45, 2.75) is 52.4 Å². The molecule has 4 heteroatoms. The van der Waals surface area contributed by atoms with E-state index >= 15 is 0 Å². The van der Waals surface area contributed by atoms with Crippen LogP contribution in [0.15, 0.2) is 10.7 Å². The van der Waals surface area contributed by atoms with Crippen LogP contribution in [-0.2, 0) is 0 Å². The molecule has 1 aliphatic carbocycles. The summed E-state index contributed by atoms with van der Waals surface area (Å²) >= 11 is 3.47. The lowest BCUT2D eigenvalue weighted by Gasteiger charge is -2.27. The van der Waals surface area contributed by atoms with Gasteiger partial charge in [0, 0.05) is 18.5 Å². The molecule has 1 N–H and O–H groups in total. The molecule has 1 aromatic heterocycles. The molecule has 2 atom stereocenters. The maximum absolute atomic E-state index is 4.58. The molecule has 106 valence electrons. The molecule has 0 aromatic carbocycles. The lowest BCUT2D eigenvalue weighted by atomic mass is 9.82. The summed E-state index contributed by atoms with van der Waals surface area (Å²) in [6.45, 7) is 7.64. The molecule has 1 heterocycles. The first kappa shape index (κ1) is 14.8. The molecule has 2 rings (SSSR count). The van der Waals surface area contributed by atoms with Crippen LogP contribution in [0.1, 0.15) is 58.2 Å². The van der Waals surface area contributed by atoms with E-state index in [0.717, 1.165) is 34.6 Å². The molecule has 0 spiro atoms. The Labute approximate surface area is 124 Å². The van der Waals surface area contributed by atoms with Crippen LogP contribution < -0.4 is 5.32 Å². The summed E-state index contributed by atoms with van der Waals surface area (Å²) < 4.78 is 0.866. The van der Waals surface area contributed by atoms with Gasteiger partial charge in [-0.3, -0.25) is 0 Å². The highest BCUT2D eigenvalue weighted by Crippen LogP contribution is 2.28. The topological polar surface area (TPSA) is 37.8 Å². The highest BCUT2D eigenvalue weighted by molar-refractivity contribution is 9.10. The first-order chi connectivity index (χ1) is 9.04. The molecule has 19 heavy (non-hydrogen) atoms. The molecule has 1 aliphatic rings. The van der Waals surface area contributed by atoms with Crippen molar-refractivity contribution in [3.8, 4) is 0 Å². The van der Waals surface area contributed by atoms with Crippen molar-refractivity contribution in [1.82, 2.24) is 9.97 Å². The van der Waals surface area contributed by atoms with Gasteiger partial charge in [-0.15, -0.1) is 0 Å². The van der Waals surface area contributed by atoms with Gasteiger partial charge in [0.2, 0.25) is 0 Å². The lowest BCUT2D eigenvalue weighted by molar-refractivity contribution is 0.293. The van der Waals surface area contributed by atoms with Gasteiger partial charge < -0.3 is 5.32 Å². The number of anilines is 1. The summed E-state index contributed by atoms with van der Waals surface area (Å²) in [5, 5.41) is 3.49. The minimum Gasteiger partial charge on any atom is -0.370 e. The highest BCUT2D eigenvalue weighted by Gasteiger charge is 2.18. The van der Waals surface area contributed by atoms with E-state index in [1.54, 1.807) is 0 Å². The van der Waals surface area contributed by atoms with Gasteiger partial charge in [-0.1, -0.05) is 33.6 Å². The Morgan fingerprint density at radius 1 is 1.37 bits per heavy atom. The number of hydrogen-bond donors (Lipinski definition) is 1. The quantitative estimate of drug-likeness (QED) is 0.822. The van der Waals surface area contributed by atoms with Crippen molar-refractivity contribution in [2.75, 3.05) is 11.9 Å². The van der Waals surface area contributed by atoms with Gasteiger partial charge in [0.05, 0.1) is 0 Å². The van der Waals surface area contributed by atoms with Crippen molar-refractivity contribution in [1.29, 1.82) is 0 Å². The SMILES string of the molecule is CC1CCCC(CNc2cc(Br)nc(C(C)C)n2)C1. The smallest absolute Gasteiger partial charge is 0.134 e. The van der Waals surface area contributed by atoms with Crippen LogP contribution in [0, 0.1) is 11.8 Å². The Kier molecular flexibility index (Phi) is 5.20. The number of halogens is 1. The second kappa shape index (κ2) is 6.69. The van der Waals surface area contributed by atoms with Crippen LogP contribution in [0.25, 0.3) is 0 Å². The van der Waals surface area contributed by atoms with E-state index in [1.807, 2.05) is 6.07 Å². The number of nitrogens with zero attached hydrogens (tertiary/aromatic N) is 2. The third-order valence-electron chi connectivity index (χ3n) is 3.85. The molecule has 0 amide bonds. The largest absolute Gasteiger partial charge is 0.370 e. The van der Waals surface area contributed by atoms with Crippen LogP contribution in [0.5, 0.6) is 0 Å². The average Bonchev–Trinajstić information content (AvgIpc) is 2.36. The molecular formula is C15H24BrN3. The monoisotopic (exact) mass is 325 g/mol. The van der Waals surface area contributed by atoms with E-state index < -0.39 is 0 Å². The molecule has 1 fully saturated rings. The van der Waals surface area contributed by atoms with Gasteiger partial charge in [0.15, 0.2) is 0 Å². The van der Waals surface area contributed by atoms with Crippen molar-refractivity contribution in [2.24, 2.45) is 11.8 Å². The summed E-state index contributed by atoms with van der Waals surface area (Å²) in [7, 11) is 0. The Balaban J connectivity index is 1.95. The van der Waals surface area contributed by atoms with E-state index in [2.05, 4.69) is 52.0 Å². The van der Waals surface area contributed by atoms with Gasteiger partial charge in [0.25, 0.3) is 0 Å². The summed E-state index contributed by atoms with van der Waals surface area (Å²) in [5.41, 5.74) is 0. The van der Waals surface area contributed by atoms with Gasteiger partial charge in [-0.25, -0.2) is 9.97 Å². The summed E-state index contributed by atoms with van der Waals surface area (Å²) in [4.78, 5) is 8.99. The number of aromatic nitrogens is 2. The van der Waals surface area contributed by atoms with Crippen molar-refractivity contribution in [3.63, 3.8) is 0 Å². The number of hydrogen-bond acceptors (Lipinski definition) is 3. The minimum atomic E-state index is 0.354. The summed E-state index contributed by atoms with van der Waals surface area (Å²) in [6, 6.07) is 1.97. The first-order valence-electron chi connectivity index (χ1n) is 7.33. The van der Waals surface area contributed by atoms with Crippen LogP contribution in [-0.4, -0.2) is 16.5 Å². The minimum absolute atomic E-state index is 0.354. The molecule has 1 aromatic rings. The summed E-state index contributed by atoms with van der Waals surface area (Å²) in [6.07, 6.45) is 5.46. The second-order valence-corrected chi connectivity index (χ2v) is 6.92. The Bertz CT molecular complexity index is 420. The normalized spacial score (nSPS) is 23.6. The maximum atomic E-state index is 4.58. The first-order valence-corrected chi connectivity index (χ1v) is 8.12. The third-order valence-corrected chi connectivity index (χ3v) is 4.25. The average molecular weight is 326 g/mol. The molecule has 0 bridgehead atoms. The second-order valence-electron chi connectivity index (χ2n) is 6.11. The van der Waals surface area contributed by atoms with Crippen LogP contribution in [0.3, 0.4) is 0 Å². The van der Waals surface area contributed by atoms with Gasteiger partial charge >= 0.3 is 0 Å². The Morgan fingerprint density at radius 3 is 2.84 bits per heavy atom. The zero-order valence-electron chi connectivity index (χ0n) is 12.1. The zero-order valence-corrected chi connectivity index (χ0v) is 13.7. The predicted octanol–water partition coefficient (Wildman–Crippen LogP) is 4.60. The fourth-order valence-corrected chi connectivity index (χ4v) is 3.18. The molecule has 0 saturated heterocycles. The lowest BCUT2D eigenvalue weighted by Crippen LogP contribution is -2.21. The molecule has 0 aliphatic heterocycles. The predicted molar refractivity (Wildman–Crippen MR) is 83.4 cm³/mol. The van der Waals surface area contributed by atoms with Crippen molar-refractivity contribution >= 4 is 21.7 Å². The molecule has 2 unspecified atom stereocenters. The van der Waals surface area contributed by atoms with Crippen LogP contribution >= 0.6 is 15.9 Å². The summed E-state index contributed by atoms with van der Waals surface area (Å²) in [5.74, 6) is 3.87. The van der Waals surface area contributed by atoms with E-state index in [9.17, 15) is 0 Å². The van der Waals surface area contributed by atoms with Gasteiger partial charge in [-0.2, -0.15) is 0 Å². The van der Waals surface area contributed by atoms with E-state index in [4.69, 9.17) is 0 Å². The van der Waals surface area contributed by atoms with Crippen molar-refractivity contribution < 1.29 is 0 Å². The standard InChI is InChI=1S/C15H24BrN3/c1-10(2)15-18-13(16)8-14(19-15)17-9-12-6-4-5-11(3)7-12/h8,10-12H,4-7,9H2,1-3H3,(H,17,18,19). The zero-order chi connectivity index (χ0) is 13.8. The molecule has 3 nitrogen and oxygen atoms in total. The van der Waals surface area contributed by atoms with Gasteiger partial charge in [0.1, 0.15) is 16.2 Å². The maximum Gasteiger partial charge on any atom is 0.134 e. The Hall–Kier alpha value is -0.640. The van der Waals surface area contributed by atoms with Crippen LogP contribution in [0.4, 0.5) is 5.82 Å². The van der Waals surface area contributed by atoms with Crippen LogP contribution in [0.2, 0.25) is 0 Å². The van der Waals surface area contributed by atoms with E-state index in [1.165, 1.54) is 25.7 Å². The number of rotatable bonds is 4. The van der Waals surface area contributed by atoms with Crippen molar-refractivity contribution in [3.05, 3.63) is 16.5 Å². The van der Waals surface area contributed by atoms with E-state index in [-0.39, 0.29) is 0 Å². The molecular weight excluding hydrogens is 302 g/mol. The molecule has 1 saturated carbocycles. The highest BCUT2D eigenvalue weighted by atomic mass is 79.9. The molecule has 0 radical (unpaired) electrons. The third kappa shape index (κ3) is 4.44. The fraction of sp³-hybridized carbons (Fsp3) is 0.733. The van der Waals surface area contributed by atoms with Gasteiger partial charge in [-0.05, 0) is 40.6 Å². The Morgan fingerprint density at radius 2 is 2.16 bits per heavy atom. The van der Waals surface area contributed by atoms with E-state index in [0.29, 0.717) is 5.92 Å².